The highest BCUT2D eigenvalue weighted by Gasteiger charge is 2.34. The van der Waals surface area contributed by atoms with Gasteiger partial charge in [-0.1, -0.05) is 69.8 Å². The number of pyridine rings is 1. The topological polar surface area (TPSA) is 314 Å². The van der Waals surface area contributed by atoms with Gasteiger partial charge in [0.2, 0.25) is 41.4 Å². The number of carbonyl (C=O) groups is 7. The number of nitrogens with zero attached hydrogens (tertiary/aromatic N) is 2. The predicted octanol–water partition coefficient (Wildman–Crippen LogP) is -1.23. The summed E-state index contributed by atoms with van der Waals surface area (Å²) in [6, 6.07) is 5.33. The first-order valence-corrected chi connectivity index (χ1v) is 18.0. The Bertz CT molecular complexity index is 1660. The number of benzene rings is 1. The first-order chi connectivity index (χ1) is 25.4. The summed E-state index contributed by atoms with van der Waals surface area (Å²) in [6.45, 7) is 5.95. The van der Waals surface area contributed by atoms with Gasteiger partial charge in [0, 0.05) is 24.4 Å². The van der Waals surface area contributed by atoms with Gasteiger partial charge in [-0.05, 0) is 36.3 Å². The van der Waals surface area contributed by atoms with Crippen molar-refractivity contribution in [3.63, 3.8) is 0 Å². The minimum atomic E-state index is -1.37. The number of carbonyl (C=O) groups excluding carboxylic acids is 7. The summed E-state index contributed by atoms with van der Waals surface area (Å²) in [4.78, 5) is 105. The Balaban J connectivity index is 2.24. The quantitative estimate of drug-likeness (QED) is 0.0396. The molecule has 1 heterocycles. The summed E-state index contributed by atoms with van der Waals surface area (Å²) < 4.78 is 0. The molecule has 0 unspecified atom stereocenters. The standard InChI is InChI=1S/C34H48N10O9S/c1-18(2)27(32(50)41-23(30(48)39-16-26(37)46)17-54-34-24(44(52)53)11-8-14-38-34)43-33(51)28(19(3)4)42-31(49)22(12-13-25(36)45)40-29(47)21(35)15-20-9-6-5-7-10-20/h5-11,14,18-19,21-23,27-28H,12-13,15-17,35H2,1-4H3,(H2,36,45)(H2,37,46)(H,39,48)(H,40,47)(H,41,50)(H,42,49)(H,43,51)/t21-,22+,23+,27-,28+/m1/s1. The van der Waals surface area contributed by atoms with Crippen molar-refractivity contribution in [2.45, 2.75) is 82.2 Å². The minimum absolute atomic E-state index is 0.0304. The van der Waals surface area contributed by atoms with Crippen LogP contribution in [0.4, 0.5) is 5.69 Å². The van der Waals surface area contributed by atoms with Crippen molar-refractivity contribution in [2.24, 2.45) is 29.0 Å². The molecule has 0 spiro atoms. The first kappa shape index (κ1) is 44.5. The molecule has 0 saturated heterocycles. The van der Waals surface area contributed by atoms with Crippen LogP contribution < -0.4 is 43.8 Å². The van der Waals surface area contributed by atoms with Gasteiger partial charge >= 0.3 is 5.69 Å². The molecule has 7 amide bonds. The number of amides is 7. The number of thioether (sulfide) groups is 1. The zero-order valence-electron chi connectivity index (χ0n) is 30.4. The van der Waals surface area contributed by atoms with Gasteiger partial charge in [-0.2, -0.15) is 0 Å². The lowest BCUT2D eigenvalue weighted by Crippen LogP contribution is -2.61. The van der Waals surface area contributed by atoms with Crippen LogP contribution in [0.1, 0.15) is 46.1 Å². The fourth-order valence-electron chi connectivity index (χ4n) is 4.90. The van der Waals surface area contributed by atoms with Crippen molar-refractivity contribution < 1.29 is 38.5 Å². The maximum Gasteiger partial charge on any atom is 0.301 e. The molecule has 0 bridgehead atoms. The van der Waals surface area contributed by atoms with Gasteiger partial charge in [0.1, 0.15) is 24.2 Å². The van der Waals surface area contributed by atoms with Gasteiger partial charge in [-0.3, -0.25) is 43.7 Å². The molecule has 0 aliphatic carbocycles. The van der Waals surface area contributed by atoms with Crippen molar-refractivity contribution in [1.82, 2.24) is 31.6 Å². The number of nitrogens with one attached hydrogen (secondary N) is 5. The molecule has 0 saturated carbocycles. The highest BCUT2D eigenvalue weighted by molar-refractivity contribution is 7.99. The summed E-state index contributed by atoms with van der Waals surface area (Å²) in [5, 5.41) is 24.0. The largest absolute Gasteiger partial charge is 0.370 e. The van der Waals surface area contributed by atoms with Gasteiger partial charge in [0.05, 0.1) is 17.5 Å². The van der Waals surface area contributed by atoms with Gasteiger partial charge < -0.3 is 43.8 Å². The van der Waals surface area contributed by atoms with E-state index in [9.17, 15) is 43.7 Å². The van der Waals surface area contributed by atoms with Crippen LogP contribution in [-0.2, 0) is 40.0 Å². The summed E-state index contributed by atoms with van der Waals surface area (Å²) in [5.41, 5.74) is 17.0. The van der Waals surface area contributed by atoms with Crippen molar-refractivity contribution >= 4 is 58.8 Å². The number of nitro groups is 1. The van der Waals surface area contributed by atoms with Crippen LogP contribution in [0.25, 0.3) is 0 Å². The van der Waals surface area contributed by atoms with Crippen LogP contribution in [0.15, 0.2) is 53.7 Å². The highest BCUT2D eigenvalue weighted by Crippen LogP contribution is 2.26. The molecule has 0 fully saturated rings. The van der Waals surface area contributed by atoms with Crippen molar-refractivity contribution in [3.8, 4) is 0 Å². The lowest BCUT2D eigenvalue weighted by molar-refractivity contribution is -0.388. The Kier molecular flexibility index (Phi) is 18.0. The molecule has 5 atom stereocenters. The first-order valence-electron chi connectivity index (χ1n) is 17.0. The third-order valence-electron chi connectivity index (χ3n) is 7.85. The van der Waals surface area contributed by atoms with Crippen molar-refractivity contribution in [3.05, 3.63) is 64.3 Å². The molecule has 2 aromatic rings. The number of aromatic nitrogens is 1. The SMILES string of the molecule is CC(C)[C@H](NC(=O)[C@H](CCC(N)=O)NC(=O)[C@H](N)Cc1ccccc1)C(=O)N[C@@H](C(=O)N[C@@H](CSc1ncccc1[N+](=O)[O-])C(=O)NCC(N)=O)C(C)C. The maximum absolute atomic E-state index is 13.7. The number of primary amides is 2. The lowest BCUT2D eigenvalue weighted by atomic mass is 9.98. The molecular formula is C34H48N10O9S. The van der Waals surface area contributed by atoms with E-state index in [1.54, 1.807) is 52.0 Å². The van der Waals surface area contributed by atoms with E-state index in [4.69, 9.17) is 17.2 Å². The summed E-state index contributed by atoms with van der Waals surface area (Å²) in [7, 11) is 0. The highest BCUT2D eigenvalue weighted by atomic mass is 32.2. The number of hydrogen-bond donors (Lipinski definition) is 8. The second kappa shape index (κ2) is 21.8. The Morgan fingerprint density at radius 2 is 1.33 bits per heavy atom. The second-order valence-corrected chi connectivity index (χ2v) is 14.0. The molecule has 1 aromatic carbocycles. The molecule has 294 valence electrons. The minimum Gasteiger partial charge on any atom is -0.370 e. The molecule has 20 heteroatoms. The average molecular weight is 773 g/mol. The van der Waals surface area contributed by atoms with Crippen LogP contribution in [0.5, 0.6) is 0 Å². The number of hydrogen-bond acceptors (Lipinski definition) is 12. The molecule has 0 aliphatic heterocycles. The molecule has 1 aromatic heterocycles. The van der Waals surface area contributed by atoms with Crippen LogP contribution in [0.2, 0.25) is 0 Å². The maximum atomic E-state index is 13.7. The number of nitrogens with two attached hydrogens (primary N) is 3. The number of rotatable bonds is 22. The van der Waals surface area contributed by atoms with E-state index < -0.39 is 94.9 Å². The predicted molar refractivity (Wildman–Crippen MR) is 198 cm³/mol. The smallest absolute Gasteiger partial charge is 0.301 e. The van der Waals surface area contributed by atoms with Crippen LogP contribution in [-0.4, -0.2) is 93.8 Å². The van der Waals surface area contributed by atoms with Gasteiger partial charge in [0.25, 0.3) is 0 Å². The van der Waals surface area contributed by atoms with Crippen molar-refractivity contribution in [1.29, 1.82) is 0 Å². The molecular weight excluding hydrogens is 725 g/mol. The van der Waals surface area contributed by atoms with Crippen LogP contribution in [0.3, 0.4) is 0 Å². The zero-order valence-corrected chi connectivity index (χ0v) is 31.2. The van der Waals surface area contributed by atoms with Gasteiger partial charge in [-0.25, -0.2) is 4.98 Å². The summed E-state index contributed by atoms with van der Waals surface area (Å²) in [6.07, 6.45) is 1.04. The van der Waals surface area contributed by atoms with E-state index in [1.807, 2.05) is 6.07 Å². The normalized spacial score (nSPS) is 13.8. The van der Waals surface area contributed by atoms with E-state index in [1.165, 1.54) is 18.3 Å². The van der Waals surface area contributed by atoms with Crippen LogP contribution in [0, 0.1) is 22.0 Å². The van der Waals surface area contributed by atoms with Crippen LogP contribution >= 0.6 is 11.8 Å². The molecule has 2 rings (SSSR count). The molecule has 54 heavy (non-hydrogen) atoms. The molecule has 0 radical (unpaired) electrons. The fourth-order valence-corrected chi connectivity index (χ4v) is 5.88. The molecule has 11 N–H and O–H groups in total. The zero-order chi connectivity index (χ0) is 40.5. The summed E-state index contributed by atoms with van der Waals surface area (Å²) in [5.74, 6) is -6.85. The van der Waals surface area contributed by atoms with Gasteiger partial charge in [0.15, 0.2) is 5.03 Å². The molecule has 0 aliphatic rings. The Hall–Kier alpha value is -5.63. The van der Waals surface area contributed by atoms with E-state index >= 15 is 0 Å². The Morgan fingerprint density at radius 3 is 1.89 bits per heavy atom. The fraction of sp³-hybridized carbons (Fsp3) is 0.471. The monoisotopic (exact) mass is 772 g/mol. The van der Waals surface area contributed by atoms with E-state index in [0.29, 0.717) is 0 Å². The van der Waals surface area contributed by atoms with Gasteiger partial charge in [-0.15, -0.1) is 0 Å². The van der Waals surface area contributed by atoms with E-state index in [2.05, 4.69) is 31.6 Å². The Morgan fingerprint density at radius 1 is 0.759 bits per heavy atom. The third-order valence-corrected chi connectivity index (χ3v) is 8.93. The summed E-state index contributed by atoms with van der Waals surface area (Å²) >= 11 is 0.806. The second-order valence-electron chi connectivity index (χ2n) is 13.0. The van der Waals surface area contributed by atoms with E-state index in [0.717, 1.165) is 17.3 Å². The lowest BCUT2D eigenvalue weighted by Gasteiger charge is -2.29. The third kappa shape index (κ3) is 14.8. The molecule has 19 nitrogen and oxygen atoms in total. The van der Waals surface area contributed by atoms with E-state index in [-0.39, 0.29) is 35.7 Å². The Labute approximate surface area is 316 Å². The van der Waals surface area contributed by atoms with Crippen molar-refractivity contribution in [2.75, 3.05) is 12.3 Å². The average Bonchev–Trinajstić information content (AvgIpc) is 3.11.